The molecule has 2 aromatic carbocycles. The molecule has 0 saturated carbocycles. The number of anilines is 2. The molecular formula is C18H20N2O3. The highest BCUT2D eigenvalue weighted by Gasteiger charge is 2.13. The molecule has 5 heteroatoms. The number of carbonyl (C=O) groups is 2. The van der Waals surface area contributed by atoms with Gasteiger partial charge >= 0.3 is 0 Å². The van der Waals surface area contributed by atoms with E-state index in [1.54, 1.807) is 38.3 Å². The summed E-state index contributed by atoms with van der Waals surface area (Å²) < 4.78 is 5.10. The third kappa shape index (κ3) is 4.57. The zero-order valence-corrected chi connectivity index (χ0v) is 13.4. The Labute approximate surface area is 135 Å². The van der Waals surface area contributed by atoms with Gasteiger partial charge < -0.3 is 15.4 Å². The Kier molecular flexibility index (Phi) is 5.36. The van der Waals surface area contributed by atoms with Gasteiger partial charge in [-0.1, -0.05) is 12.1 Å². The van der Waals surface area contributed by atoms with Crippen molar-refractivity contribution in [3.05, 3.63) is 54.1 Å². The van der Waals surface area contributed by atoms with Crippen LogP contribution in [0.5, 0.6) is 5.75 Å². The molecule has 1 atom stereocenters. The van der Waals surface area contributed by atoms with Crippen LogP contribution in [-0.2, 0) is 4.79 Å². The standard InChI is InChI=1S/C18H20N2O3/c1-12(19-15-7-9-17(23-3)10-8-15)18(22)20-16-6-4-5-14(11-16)13(2)21/h4-12,19H,1-3H3,(H,20,22)/t12-/m0/s1. The number of nitrogens with one attached hydrogen (secondary N) is 2. The van der Waals surface area contributed by atoms with Crippen LogP contribution in [-0.4, -0.2) is 24.8 Å². The number of methoxy groups -OCH3 is 1. The number of rotatable bonds is 6. The average molecular weight is 312 g/mol. The average Bonchev–Trinajstić information content (AvgIpc) is 2.55. The van der Waals surface area contributed by atoms with E-state index in [4.69, 9.17) is 4.74 Å². The van der Waals surface area contributed by atoms with E-state index < -0.39 is 6.04 Å². The van der Waals surface area contributed by atoms with Gasteiger partial charge in [0, 0.05) is 16.9 Å². The van der Waals surface area contributed by atoms with E-state index in [1.165, 1.54) is 6.92 Å². The summed E-state index contributed by atoms with van der Waals surface area (Å²) in [5.74, 6) is 0.542. The first-order chi connectivity index (χ1) is 11.0. The second-order valence-electron chi connectivity index (χ2n) is 5.22. The minimum atomic E-state index is -0.427. The van der Waals surface area contributed by atoms with Gasteiger partial charge in [-0.2, -0.15) is 0 Å². The predicted molar refractivity (Wildman–Crippen MR) is 91.2 cm³/mol. The van der Waals surface area contributed by atoms with E-state index in [-0.39, 0.29) is 11.7 Å². The largest absolute Gasteiger partial charge is 0.497 e. The first kappa shape index (κ1) is 16.5. The van der Waals surface area contributed by atoms with Crippen molar-refractivity contribution < 1.29 is 14.3 Å². The van der Waals surface area contributed by atoms with Crippen LogP contribution in [0.15, 0.2) is 48.5 Å². The smallest absolute Gasteiger partial charge is 0.246 e. The van der Waals surface area contributed by atoms with Crippen molar-refractivity contribution in [2.24, 2.45) is 0 Å². The Morgan fingerprint density at radius 2 is 1.74 bits per heavy atom. The molecule has 0 aliphatic carbocycles. The molecule has 120 valence electrons. The van der Waals surface area contributed by atoms with Gasteiger partial charge in [0.15, 0.2) is 5.78 Å². The molecule has 5 nitrogen and oxygen atoms in total. The second kappa shape index (κ2) is 7.45. The minimum Gasteiger partial charge on any atom is -0.497 e. The van der Waals surface area contributed by atoms with E-state index in [2.05, 4.69) is 10.6 Å². The van der Waals surface area contributed by atoms with Crippen molar-refractivity contribution in [2.75, 3.05) is 17.7 Å². The van der Waals surface area contributed by atoms with E-state index in [9.17, 15) is 9.59 Å². The van der Waals surface area contributed by atoms with Crippen molar-refractivity contribution in [1.82, 2.24) is 0 Å². The van der Waals surface area contributed by atoms with Gasteiger partial charge in [0.25, 0.3) is 0 Å². The van der Waals surface area contributed by atoms with Crippen LogP contribution in [0.4, 0.5) is 11.4 Å². The van der Waals surface area contributed by atoms with Crippen LogP contribution in [0.2, 0.25) is 0 Å². The molecule has 0 unspecified atom stereocenters. The number of carbonyl (C=O) groups excluding carboxylic acids is 2. The SMILES string of the molecule is COc1ccc(N[C@@H](C)C(=O)Nc2cccc(C(C)=O)c2)cc1. The van der Waals surface area contributed by atoms with E-state index >= 15 is 0 Å². The lowest BCUT2D eigenvalue weighted by molar-refractivity contribution is -0.116. The van der Waals surface area contributed by atoms with E-state index in [0.29, 0.717) is 11.3 Å². The van der Waals surface area contributed by atoms with Gasteiger partial charge in [-0.15, -0.1) is 0 Å². The van der Waals surface area contributed by atoms with Gasteiger partial charge in [-0.05, 0) is 50.2 Å². The maximum absolute atomic E-state index is 12.2. The quantitative estimate of drug-likeness (QED) is 0.803. The first-order valence-corrected chi connectivity index (χ1v) is 7.32. The van der Waals surface area contributed by atoms with Crippen LogP contribution in [0.25, 0.3) is 0 Å². The maximum Gasteiger partial charge on any atom is 0.246 e. The molecule has 2 N–H and O–H groups in total. The molecule has 23 heavy (non-hydrogen) atoms. The van der Waals surface area contributed by atoms with Crippen molar-refractivity contribution in [1.29, 1.82) is 0 Å². The highest BCUT2D eigenvalue weighted by molar-refractivity contribution is 5.99. The zero-order chi connectivity index (χ0) is 16.8. The minimum absolute atomic E-state index is 0.0366. The van der Waals surface area contributed by atoms with Crippen molar-refractivity contribution in [3.63, 3.8) is 0 Å². The van der Waals surface area contributed by atoms with Gasteiger partial charge in [-0.25, -0.2) is 0 Å². The molecule has 2 aromatic rings. The van der Waals surface area contributed by atoms with Crippen LogP contribution in [0.1, 0.15) is 24.2 Å². The Balaban J connectivity index is 1.99. The van der Waals surface area contributed by atoms with Gasteiger partial charge in [-0.3, -0.25) is 9.59 Å². The lowest BCUT2D eigenvalue weighted by Gasteiger charge is -2.16. The highest BCUT2D eigenvalue weighted by Crippen LogP contribution is 2.16. The molecule has 0 radical (unpaired) electrons. The van der Waals surface area contributed by atoms with Gasteiger partial charge in [0.1, 0.15) is 11.8 Å². The summed E-state index contributed by atoms with van der Waals surface area (Å²) in [7, 11) is 1.60. The van der Waals surface area contributed by atoms with E-state index in [0.717, 1.165) is 11.4 Å². The second-order valence-corrected chi connectivity index (χ2v) is 5.22. The lowest BCUT2D eigenvalue weighted by Crippen LogP contribution is -2.31. The van der Waals surface area contributed by atoms with Crippen LogP contribution in [0.3, 0.4) is 0 Å². The summed E-state index contributed by atoms with van der Waals surface area (Å²) in [6.45, 7) is 3.27. The summed E-state index contributed by atoms with van der Waals surface area (Å²) in [4.78, 5) is 23.6. The van der Waals surface area contributed by atoms with Gasteiger partial charge in [0.05, 0.1) is 7.11 Å². The first-order valence-electron chi connectivity index (χ1n) is 7.32. The topological polar surface area (TPSA) is 67.4 Å². The Morgan fingerprint density at radius 3 is 2.35 bits per heavy atom. The summed E-state index contributed by atoms with van der Waals surface area (Å²) in [5.41, 5.74) is 2.00. The summed E-state index contributed by atoms with van der Waals surface area (Å²) in [6.07, 6.45) is 0. The molecule has 0 aliphatic heterocycles. The number of benzene rings is 2. The Morgan fingerprint density at radius 1 is 1.04 bits per heavy atom. The highest BCUT2D eigenvalue weighted by atomic mass is 16.5. The van der Waals surface area contributed by atoms with Crippen LogP contribution < -0.4 is 15.4 Å². The molecular weight excluding hydrogens is 292 g/mol. The molecule has 0 aliphatic rings. The number of ether oxygens (including phenoxy) is 1. The fourth-order valence-electron chi connectivity index (χ4n) is 2.07. The third-order valence-corrected chi connectivity index (χ3v) is 3.40. The molecule has 1 amide bonds. The summed E-state index contributed by atoms with van der Waals surface area (Å²) >= 11 is 0. The third-order valence-electron chi connectivity index (χ3n) is 3.40. The molecule has 0 bridgehead atoms. The number of amides is 1. The van der Waals surface area contributed by atoms with Crippen molar-refractivity contribution >= 4 is 23.1 Å². The van der Waals surface area contributed by atoms with Crippen molar-refractivity contribution in [2.45, 2.75) is 19.9 Å². The van der Waals surface area contributed by atoms with Crippen molar-refractivity contribution in [3.8, 4) is 5.75 Å². The normalized spacial score (nSPS) is 11.4. The molecule has 0 fully saturated rings. The van der Waals surface area contributed by atoms with E-state index in [1.807, 2.05) is 24.3 Å². The fraction of sp³-hybridized carbons (Fsp3) is 0.222. The Bertz CT molecular complexity index is 696. The van der Waals surface area contributed by atoms with Crippen LogP contribution >= 0.6 is 0 Å². The predicted octanol–water partition coefficient (Wildman–Crippen LogP) is 3.34. The lowest BCUT2D eigenvalue weighted by atomic mass is 10.1. The number of hydrogen-bond donors (Lipinski definition) is 2. The molecule has 2 rings (SSSR count). The maximum atomic E-state index is 12.2. The molecule has 0 aromatic heterocycles. The zero-order valence-electron chi connectivity index (χ0n) is 13.4. The summed E-state index contributed by atoms with van der Waals surface area (Å²) in [5, 5.41) is 5.92. The number of ketones is 1. The summed E-state index contributed by atoms with van der Waals surface area (Å²) in [6, 6.07) is 13.8. The molecule has 0 saturated heterocycles. The monoisotopic (exact) mass is 312 g/mol. The number of hydrogen-bond acceptors (Lipinski definition) is 4. The van der Waals surface area contributed by atoms with Gasteiger partial charge in [0.2, 0.25) is 5.91 Å². The molecule has 0 heterocycles. The number of Topliss-reactive ketones (excluding diaryl/α,β-unsaturated/α-hetero) is 1. The molecule has 0 spiro atoms. The van der Waals surface area contributed by atoms with Crippen LogP contribution in [0, 0.1) is 0 Å². The Hall–Kier alpha value is -2.82. The fourth-order valence-corrected chi connectivity index (χ4v) is 2.07.